The van der Waals surface area contributed by atoms with E-state index in [1.54, 1.807) is 0 Å². The van der Waals surface area contributed by atoms with E-state index in [1.165, 1.54) is 6.92 Å². The maximum atomic E-state index is 10.7. The molecule has 0 aromatic rings. The molecule has 0 amide bonds. The number of carbonyl (C=O) groups is 3. The van der Waals surface area contributed by atoms with Gasteiger partial charge in [0.1, 0.15) is 0 Å². The van der Waals surface area contributed by atoms with E-state index in [-0.39, 0.29) is 19.4 Å². The summed E-state index contributed by atoms with van der Waals surface area (Å²) in [5.41, 5.74) is 0. The van der Waals surface area contributed by atoms with E-state index in [2.05, 4.69) is 9.47 Å². The van der Waals surface area contributed by atoms with E-state index in [9.17, 15) is 14.4 Å². The highest BCUT2D eigenvalue weighted by Gasteiger charge is 2.05. The van der Waals surface area contributed by atoms with E-state index in [0.717, 1.165) is 0 Å². The number of carboxylic acid groups (broad SMARTS) is 1. The van der Waals surface area contributed by atoms with E-state index in [1.807, 2.05) is 0 Å². The molecule has 0 bridgehead atoms. The van der Waals surface area contributed by atoms with Gasteiger partial charge in [0.25, 0.3) is 0 Å². The van der Waals surface area contributed by atoms with Gasteiger partial charge >= 0.3 is 17.9 Å². The summed E-state index contributed by atoms with van der Waals surface area (Å²) in [6.07, 6.45) is 0.196. The van der Waals surface area contributed by atoms with Crippen LogP contribution in [-0.2, 0) is 23.9 Å². The molecule has 0 saturated heterocycles. The number of esters is 2. The number of aliphatic carboxylic acids is 1. The zero-order valence-electron chi connectivity index (χ0n) is 7.82. The Bertz CT molecular complexity index is 222. The molecule has 0 aromatic heterocycles. The second-order valence-corrected chi connectivity index (χ2v) is 2.50. The van der Waals surface area contributed by atoms with Gasteiger partial charge in [0.15, 0.2) is 6.61 Å². The summed E-state index contributed by atoms with van der Waals surface area (Å²) in [4.78, 5) is 31.1. The largest absolute Gasteiger partial charge is 0.481 e. The van der Waals surface area contributed by atoms with Crippen molar-refractivity contribution in [2.24, 2.45) is 0 Å². The molecule has 0 heterocycles. The fourth-order valence-electron chi connectivity index (χ4n) is 0.612. The van der Waals surface area contributed by atoms with Gasteiger partial charge in [-0.05, 0) is 6.42 Å². The zero-order chi connectivity index (χ0) is 11.0. The molecule has 6 nitrogen and oxygen atoms in total. The van der Waals surface area contributed by atoms with Crippen LogP contribution in [0, 0.1) is 0 Å². The van der Waals surface area contributed by atoms with Crippen LogP contribution in [0.2, 0.25) is 0 Å². The van der Waals surface area contributed by atoms with E-state index in [0.29, 0.717) is 0 Å². The summed E-state index contributed by atoms with van der Waals surface area (Å²) in [5.74, 6) is -2.18. The first kappa shape index (κ1) is 12.4. The number of hydrogen-bond donors (Lipinski definition) is 1. The van der Waals surface area contributed by atoms with Crippen molar-refractivity contribution >= 4 is 17.9 Å². The highest BCUT2D eigenvalue weighted by Crippen LogP contribution is 1.91. The second kappa shape index (κ2) is 6.88. The van der Waals surface area contributed by atoms with Gasteiger partial charge in [-0.2, -0.15) is 0 Å². The van der Waals surface area contributed by atoms with Gasteiger partial charge < -0.3 is 14.6 Å². The Hall–Kier alpha value is -1.59. The first-order chi connectivity index (χ1) is 6.52. The van der Waals surface area contributed by atoms with Gasteiger partial charge in [-0.3, -0.25) is 9.59 Å². The van der Waals surface area contributed by atoms with Crippen molar-refractivity contribution < 1.29 is 29.0 Å². The van der Waals surface area contributed by atoms with Crippen molar-refractivity contribution in [3.8, 4) is 0 Å². The smallest absolute Gasteiger partial charge is 0.344 e. The molecule has 0 aliphatic rings. The minimum Gasteiger partial charge on any atom is -0.481 e. The lowest BCUT2D eigenvalue weighted by molar-refractivity contribution is -0.157. The lowest BCUT2D eigenvalue weighted by Crippen LogP contribution is -2.15. The van der Waals surface area contributed by atoms with Crippen LogP contribution in [0.4, 0.5) is 0 Å². The zero-order valence-corrected chi connectivity index (χ0v) is 7.82. The molecule has 0 spiro atoms. The summed E-state index contributed by atoms with van der Waals surface area (Å²) in [5, 5.41) is 8.25. The maximum Gasteiger partial charge on any atom is 0.344 e. The van der Waals surface area contributed by atoms with E-state index in [4.69, 9.17) is 5.11 Å². The fourth-order valence-corrected chi connectivity index (χ4v) is 0.612. The van der Waals surface area contributed by atoms with E-state index >= 15 is 0 Å². The lowest BCUT2D eigenvalue weighted by Gasteiger charge is -2.03. The average molecular weight is 204 g/mol. The highest BCUT2D eigenvalue weighted by atomic mass is 16.6. The molecule has 0 aliphatic heterocycles. The van der Waals surface area contributed by atoms with Gasteiger partial charge in [0.2, 0.25) is 0 Å². The molecule has 0 radical (unpaired) electrons. The van der Waals surface area contributed by atoms with Crippen LogP contribution < -0.4 is 0 Å². The summed E-state index contributed by atoms with van der Waals surface area (Å²) in [7, 11) is 0. The Morgan fingerprint density at radius 1 is 1.21 bits per heavy atom. The van der Waals surface area contributed by atoms with Crippen LogP contribution in [0.25, 0.3) is 0 Å². The molecule has 1 N–H and O–H groups in total. The molecule has 0 atom stereocenters. The molecule has 0 fully saturated rings. The molecular weight excluding hydrogens is 192 g/mol. The van der Waals surface area contributed by atoms with Crippen molar-refractivity contribution in [2.45, 2.75) is 19.8 Å². The van der Waals surface area contributed by atoms with Crippen molar-refractivity contribution in [1.82, 2.24) is 0 Å². The first-order valence-corrected chi connectivity index (χ1v) is 4.03. The monoisotopic (exact) mass is 204 g/mol. The minimum absolute atomic E-state index is 0.0202. The van der Waals surface area contributed by atoms with Gasteiger partial charge in [0.05, 0.1) is 6.61 Å². The Morgan fingerprint density at radius 3 is 2.36 bits per heavy atom. The Labute approximate surface area is 80.8 Å². The number of ether oxygens (including phenoxy) is 2. The SMILES string of the molecule is CC(=O)OCC(=O)OCCCC(=O)O. The highest BCUT2D eigenvalue weighted by molar-refractivity contribution is 5.75. The quantitative estimate of drug-likeness (QED) is 0.482. The minimum atomic E-state index is -0.943. The number of carboxylic acids is 1. The van der Waals surface area contributed by atoms with Crippen LogP contribution in [0.15, 0.2) is 0 Å². The lowest BCUT2D eigenvalue weighted by atomic mass is 10.3. The molecule has 80 valence electrons. The molecule has 0 unspecified atom stereocenters. The van der Waals surface area contributed by atoms with Gasteiger partial charge in [0, 0.05) is 13.3 Å². The van der Waals surface area contributed by atoms with Crippen molar-refractivity contribution in [3.63, 3.8) is 0 Å². The normalized spacial score (nSPS) is 9.21. The number of carbonyl (C=O) groups excluding carboxylic acids is 2. The molecule has 14 heavy (non-hydrogen) atoms. The van der Waals surface area contributed by atoms with Crippen LogP contribution in [0.5, 0.6) is 0 Å². The third-order valence-corrected chi connectivity index (χ3v) is 1.19. The topological polar surface area (TPSA) is 89.9 Å². The van der Waals surface area contributed by atoms with Crippen LogP contribution in [-0.4, -0.2) is 36.2 Å². The molecule has 0 saturated carbocycles. The summed E-state index contributed by atoms with van der Waals surface area (Å²) >= 11 is 0. The number of hydrogen-bond acceptors (Lipinski definition) is 5. The molecule has 0 aromatic carbocycles. The summed E-state index contributed by atoms with van der Waals surface area (Å²) in [6.45, 7) is 0.770. The summed E-state index contributed by atoms with van der Waals surface area (Å²) in [6, 6.07) is 0. The second-order valence-electron chi connectivity index (χ2n) is 2.50. The summed E-state index contributed by atoms with van der Waals surface area (Å²) < 4.78 is 8.92. The molecule has 0 aliphatic carbocycles. The third-order valence-electron chi connectivity index (χ3n) is 1.19. The molecule has 6 heteroatoms. The van der Waals surface area contributed by atoms with Crippen LogP contribution in [0.1, 0.15) is 19.8 Å². The fraction of sp³-hybridized carbons (Fsp3) is 0.625. The molecular formula is C8H12O6. The Morgan fingerprint density at radius 2 is 1.86 bits per heavy atom. The average Bonchev–Trinajstić information content (AvgIpc) is 2.08. The number of rotatable bonds is 6. The van der Waals surface area contributed by atoms with Crippen LogP contribution in [0.3, 0.4) is 0 Å². The first-order valence-electron chi connectivity index (χ1n) is 4.03. The van der Waals surface area contributed by atoms with Crippen molar-refractivity contribution in [1.29, 1.82) is 0 Å². The molecule has 0 rings (SSSR count). The third kappa shape index (κ3) is 8.51. The van der Waals surface area contributed by atoms with Crippen molar-refractivity contribution in [2.75, 3.05) is 13.2 Å². The van der Waals surface area contributed by atoms with Crippen molar-refractivity contribution in [3.05, 3.63) is 0 Å². The predicted molar refractivity (Wildman–Crippen MR) is 44.5 cm³/mol. The standard InChI is InChI=1S/C8H12O6/c1-6(9)14-5-8(12)13-4-2-3-7(10)11/h2-5H2,1H3,(H,10,11). The Balaban J connectivity index is 3.36. The van der Waals surface area contributed by atoms with Gasteiger partial charge in [-0.1, -0.05) is 0 Å². The van der Waals surface area contributed by atoms with Gasteiger partial charge in [-0.25, -0.2) is 4.79 Å². The predicted octanol–water partition coefficient (Wildman–Crippen LogP) is -0.0425. The van der Waals surface area contributed by atoms with Gasteiger partial charge in [-0.15, -0.1) is 0 Å². The van der Waals surface area contributed by atoms with Crippen LogP contribution >= 0.6 is 0 Å². The maximum absolute atomic E-state index is 10.7. The Kier molecular flexibility index (Phi) is 6.09. The van der Waals surface area contributed by atoms with E-state index < -0.39 is 24.5 Å².